The van der Waals surface area contributed by atoms with E-state index in [1.165, 1.54) is 18.2 Å². The second-order valence-electron chi connectivity index (χ2n) is 6.46. The van der Waals surface area contributed by atoms with Crippen LogP contribution in [0.3, 0.4) is 0 Å². The molecule has 1 aliphatic heterocycles. The van der Waals surface area contributed by atoms with E-state index in [4.69, 9.17) is 9.47 Å². The van der Waals surface area contributed by atoms with Gasteiger partial charge in [0.05, 0.1) is 11.0 Å². The number of nitro groups is 1. The number of nitrogens with zero attached hydrogens (tertiary/aromatic N) is 2. The predicted molar refractivity (Wildman–Crippen MR) is 110 cm³/mol. The average molecular weight is 401 g/mol. The van der Waals surface area contributed by atoms with Crippen LogP contribution in [0.5, 0.6) is 11.5 Å². The summed E-state index contributed by atoms with van der Waals surface area (Å²) in [4.78, 5) is 23.5. The van der Waals surface area contributed by atoms with Gasteiger partial charge in [-0.2, -0.15) is 5.26 Å². The highest BCUT2D eigenvalue weighted by Crippen LogP contribution is 2.39. The molecule has 0 saturated carbocycles. The van der Waals surface area contributed by atoms with Gasteiger partial charge in [0, 0.05) is 6.07 Å². The van der Waals surface area contributed by atoms with E-state index in [0.29, 0.717) is 17.9 Å². The van der Waals surface area contributed by atoms with Gasteiger partial charge in [-0.3, -0.25) is 14.9 Å². The number of amides is 1. The first kappa shape index (κ1) is 19.0. The van der Waals surface area contributed by atoms with E-state index >= 15 is 0 Å². The van der Waals surface area contributed by atoms with Gasteiger partial charge in [-0.15, -0.1) is 0 Å². The average Bonchev–Trinajstić information content (AvgIpc) is 2.76. The number of carbonyl (C=O) groups excluding carboxylic acids is 1. The number of rotatable bonds is 4. The van der Waals surface area contributed by atoms with Crippen LogP contribution in [0, 0.1) is 21.4 Å². The van der Waals surface area contributed by atoms with Gasteiger partial charge < -0.3 is 14.8 Å². The van der Waals surface area contributed by atoms with Gasteiger partial charge >= 0.3 is 0 Å². The van der Waals surface area contributed by atoms with Crippen LogP contribution in [-0.4, -0.2) is 24.0 Å². The maximum Gasteiger partial charge on any atom is 0.296 e. The topological polar surface area (TPSA) is 114 Å². The molecule has 4 rings (SSSR count). The number of ether oxygens (including phenoxy) is 2. The molecule has 3 aromatic carbocycles. The van der Waals surface area contributed by atoms with Crippen molar-refractivity contribution in [2.24, 2.45) is 0 Å². The lowest BCUT2D eigenvalue weighted by Crippen LogP contribution is -2.18. The standard InChI is InChI=1S/C22H15N3O5/c23-13-16(10-15-6-3-5-14-4-1-2-7-17(14)15)22(26)24-18-11-20-21(30-9-8-29-20)12-19(18)25(27)28/h1-7,10-12H,8-9H2,(H,24,26)/b16-10+. The molecule has 0 aromatic heterocycles. The van der Waals surface area contributed by atoms with Crippen LogP contribution in [0.25, 0.3) is 16.8 Å². The molecule has 148 valence electrons. The van der Waals surface area contributed by atoms with E-state index in [9.17, 15) is 20.2 Å². The lowest BCUT2D eigenvalue weighted by Gasteiger charge is -2.19. The number of nitriles is 1. The summed E-state index contributed by atoms with van der Waals surface area (Å²) in [5, 5.41) is 25.3. The molecule has 0 atom stereocenters. The minimum absolute atomic E-state index is 0.0756. The SMILES string of the molecule is N#C/C(=C\c1cccc2ccccc12)C(=O)Nc1cc2c(cc1[N+](=O)[O-])OCCO2. The fraction of sp³-hybridized carbons (Fsp3) is 0.0909. The summed E-state index contributed by atoms with van der Waals surface area (Å²) in [5.41, 5.74) is 0.0791. The molecule has 1 heterocycles. The quantitative estimate of drug-likeness (QED) is 0.305. The molecule has 1 amide bonds. The van der Waals surface area contributed by atoms with Crippen molar-refractivity contribution in [2.75, 3.05) is 18.5 Å². The van der Waals surface area contributed by atoms with Crippen molar-refractivity contribution in [3.8, 4) is 17.6 Å². The highest BCUT2D eigenvalue weighted by Gasteiger charge is 2.24. The third-order valence-electron chi connectivity index (χ3n) is 4.59. The first-order valence-electron chi connectivity index (χ1n) is 9.06. The number of fused-ring (bicyclic) bond motifs is 2. The predicted octanol–water partition coefficient (Wildman–Crippen LogP) is 4.06. The summed E-state index contributed by atoms with van der Waals surface area (Å²) in [6.45, 7) is 0.574. The van der Waals surface area contributed by atoms with Crippen LogP contribution in [-0.2, 0) is 4.79 Å². The van der Waals surface area contributed by atoms with Crippen LogP contribution in [0.4, 0.5) is 11.4 Å². The zero-order chi connectivity index (χ0) is 21.1. The van der Waals surface area contributed by atoms with Crippen molar-refractivity contribution in [3.63, 3.8) is 0 Å². The van der Waals surface area contributed by atoms with Crippen molar-refractivity contribution < 1.29 is 19.2 Å². The van der Waals surface area contributed by atoms with Gasteiger partial charge in [0.25, 0.3) is 11.6 Å². The monoisotopic (exact) mass is 401 g/mol. The summed E-state index contributed by atoms with van der Waals surface area (Å²) in [7, 11) is 0. The van der Waals surface area contributed by atoms with Gasteiger partial charge in [-0.25, -0.2) is 0 Å². The molecule has 0 bridgehead atoms. The highest BCUT2D eigenvalue weighted by molar-refractivity contribution is 6.11. The Balaban J connectivity index is 1.69. The minimum Gasteiger partial charge on any atom is -0.486 e. The molecule has 1 N–H and O–H groups in total. The highest BCUT2D eigenvalue weighted by atomic mass is 16.6. The second-order valence-corrected chi connectivity index (χ2v) is 6.46. The smallest absolute Gasteiger partial charge is 0.296 e. The summed E-state index contributed by atoms with van der Waals surface area (Å²) in [5.74, 6) is -0.235. The minimum atomic E-state index is -0.759. The molecule has 30 heavy (non-hydrogen) atoms. The fourth-order valence-electron chi connectivity index (χ4n) is 3.20. The van der Waals surface area contributed by atoms with Gasteiger partial charge in [-0.05, 0) is 22.4 Å². The first-order valence-corrected chi connectivity index (χ1v) is 9.06. The molecular weight excluding hydrogens is 386 g/mol. The number of benzene rings is 3. The Kier molecular flexibility index (Phi) is 5.01. The van der Waals surface area contributed by atoms with E-state index in [0.717, 1.165) is 10.8 Å². The Labute approximate surface area is 171 Å². The van der Waals surface area contributed by atoms with Crippen LogP contribution < -0.4 is 14.8 Å². The Morgan fingerprint density at radius 1 is 1.10 bits per heavy atom. The number of hydrogen-bond donors (Lipinski definition) is 1. The Bertz CT molecular complexity index is 1240. The lowest BCUT2D eigenvalue weighted by molar-refractivity contribution is -0.384. The molecular formula is C22H15N3O5. The summed E-state index contributed by atoms with van der Waals surface area (Å²) < 4.78 is 10.8. The summed E-state index contributed by atoms with van der Waals surface area (Å²) >= 11 is 0. The number of hydrogen-bond acceptors (Lipinski definition) is 6. The van der Waals surface area contributed by atoms with Crippen molar-refractivity contribution in [2.45, 2.75) is 0 Å². The number of anilines is 1. The van der Waals surface area contributed by atoms with E-state index < -0.39 is 10.8 Å². The van der Waals surface area contributed by atoms with E-state index in [2.05, 4.69) is 5.32 Å². The van der Waals surface area contributed by atoms with Crippen LogP contribution in [0.2, 0.25) is 0 Å². The van der Waals surface area contributed by atoms with Gasteiger partial charge in [0.15, 0.2) is 11.5 Å². The Hall–Kier alpha value is -4.38. The van der Waals surface area contributed by atoms with Crippen molar-refractivity contribution in [3.05, 3.63) is 75.8 Å². The number of nitrogens with one attached hydrogen (secondary N) is 1. The fourth-order valence-corrected chi connectivity index (χ4v) is 3.20. The third kappa shape index (κ3) is 3.64. The maximum atomic E-state index is 12.7. The largest absolute Gasteiger partial charge is 0.486 e. The summed E-state index contributed by atoms with van der Waals surface area (Å²) in [6, 6.07) is 17.5. The van der Waals surface area contributed by atoms with Gasteiger partial charge in [0.1, 0.15) is 30.5 Å². The van der Waals surface area contributed by atoms with Crippen molar-refractivity contribution in [1.82, 2.24) is 0 Å². The normalized spacial score (nSPS) is 12.8. The van der Waals surface area contributed by atoms with Gasteiger partial charge in [-0.1, -0.05) is 42.5 Å². The maximum absolute atomic E-state index is 12.7. The van der Waals surface area contributed by atoms with Crippen molar-refractivity contribution >= 4 is 34.1 Å². The second kappa shape index (κ2) is 7.93. The molecule has 0 unspecified atom stereocenters. The third-order valence-corrected chi connectivity index (χ3v) is 4.59. The molecule has 0 spiro atoms. The molecule has 1 aliphatic rings. The zero-order valence-corrected chi connectivity index (χ0v) is 15.6. The first-order chi connectivity index (χ1) is 14.6. The Morgan fingerprint density at radius 3 is 2.53 bits per heavy atom. The number of nitro benzene ring substituents is 1. The van der Waals surface area contributed by atoms with E-state index in [-0.39, 0.29) is 29.3 Å². The van der Waals surface area contributed by atoms with Crippen LogP contribution in [0.1, 0.15) is 5.56 Å². The number of carbonyl (C=O) groups is 1. The molecule has 0 fully saturated rings. The lowest BCUT2D eigenvalue weighted by atomic mass is 10.0. The molecule has 0 aliphatic carbocycles. The van der Waals surface area contributed by atoms with E-state index in [1.54, 1.807) is 6.07 Å². The van der Waals surface area contributed by atoms with Crippen LogP contribution >= 0.6 is 0 Å². The van der Waals surface area contributed by atoms with E-state index in [1.807, 2.05) is 42.5 Å². The molecule has 3 aromatic rings. The molecule has 8 nitrogen and oxygen atoms in total. The molecule has 8 heteroatoms. The van der Waals surface area contributed by atoms with Crippen LogP contribution in [0.15, 0.2) is 60.2 Å². The molecule has 0 radical (unpaired) electrons. The van der Waals surface area contributed by atoms with Crippen molar-refractivity contribution in [1.29, 1.82) is 5.26 Å². The molecule has 0 saturated heterocycles. The Morgan fingerprint density at radius 2 is 1.80 bits per heavy atom. The zero-order valence-electron chi connectivity index (χ0n) is 15.6. The van der Waals surface area contributed by atoms with Gasteiger partial charge in [0.2, 0.25) is 0 Å². The summed E-state index contributed by atoms with van der Waals surface area (Å²) in [6.07, 6.45) is 1.46.